The standard InChI is InChI=1S/C8H8FN/c1-2-10-8-5-3-7(9)4-6-8/h2-6H,1H3/b10-2-. The molecule has 10 heavy (non-hydrogen) atoms. The summed E-state index contributed by atoms with van der Waals surface area (Å²) < 4.78 is 12.3. The van der Waals surface area contributed by atoms with Gasteiger partial charge in [-0.2, -0.15) is 0 Å². The minimum Gasteiger partial charge on any atom is -0.262 e. The average molecular weight is 137 g/mol. The van der Waals surface area contributed by atoms with E-state index in [1.807, 2.05) is 6.92 Å². The Bertz CT molecular complexity index is 226. The molecule has 0 saturated carbocycles. The third-order valence-electron chi connectivity index (χ3n) is 1.10. The van der Waals surface area contributed by atoms with E-state index in [0.717, 1.165) is 5.69 Å². The Morgan fingerprint density at radius 1 is 1.30 bits per heavy atom. The molecule has 52 valence electrons. The van der Waals surface area contributed by atoms with Crippen LogP contribution in [0.15, 0.2) is 29.3 Å². The molecule has 0 heterocycles. The molecule has 2 heteroatoms. The van der Waals surface area contributed by atoms with E-state index in [-0.39, 0.29) is 5.82 Å². The quantitative estimate of drug-likeness (QED) is 0.527. The van der Waals surface area contributed by atoms with Crippen LogP contribution in [0.3, 0.4) is 0 Å². The van der Waals surface area contributed by atoms with Gasteiger partial charge >= 0.3 is 0 Å². The Kier molecular flexibility index (Phi) is 2.15. The summed E-state index contributed by atoms with van der Waals surface area (Å²) in [5.41, 5.74) is 0.781. The van der Waals surface area contributed by atoms with Gasteiger partial charge < -0.3 is 0 Å². The van der Waals surface area contributed by atoms with Crippen molar-refractivity contribution in [2.75, 3.05) is 0 Å². The van der Waals surface area contributed by atoms with Gasteiger partial charge in [-0.1, -0.05) is 0 Å². The molecule has 0 bridgehead atoms. The van der Waals surface area contributed by atoms with E-state index < -0.39 is 0 Å². The van der Waals surface area contributed by atoms with Crippen molar-refractivity contribution in [3.05, 3.63) is 30.1 Å². The van der Waals surface area contributed by atoms with E-state index in [0.29, 0.717) is 0 Å². The molecule has 0 saturated heterocycles. The molecular weight excluding hydrogens is 129 g/mol. The number of hydrogen-bond donors (Lipinski definition) is 0. The van der Waals surface area contributed by atoms with Crippen LogP contribution in [0.1, 0.15) is 6.92 Å². The molecule has 0 N–H and O–H groups in total. The number of nitrogens with zero attached hydrogens (tertiary/aromatic N) is 1. The molecule has 0 unspecified atom stereocenters. The zero-order chi connectivity index (χ0) is 7.40. The average Bonchev–Trinajstić information content (AvgIpc) is 1.95. The highest BCUT2D eigenvalue weighted by molar-refractivity contribution is 5.60. The molecule has 0 aliphatic rings. The summed E-state index contributed by atoms with van der Waals surface area (Å²) in [4.78, 5) is 3.96. The summed E-state index contributed by atoms with van der Waals surface area (Å²) in [7, 11) is 0. The van der Waals surface area contributed by atoms with E-state index in [2.05, 4.69) is 4.99 Å². The molecule has 0 amide bonds. The molecule has 0 aromatic heterocycles. The second kappa shape index (κ2) is 3.11. The van der Waals surface area contributed by atoms with Gasteiger partial charge in [0, 0.05) is 6.21 Å². The molecular formula is C8H8FN. The van der Waals surface area contributed by atoms with Gasteiger partial charge in [-0.25, -0.2) is 4.39 Å². The Hall–Kier alpha value is -1.18. The smallest absolute Gasteiger partial charge is 0.123 e. The number of aliphatic imine (C=N–C) groups is 1. The summed E-state index contributed by atoms with van der Waals surface area (Å²) in [6, 6.07) is 6.05. The van der Waals surface area contributed by atoms with Crippen LogP contribution < -0.4 is 0 Å². The van der Waals surface area contributed by atoms with Gasteiger partial charge in [-0.3, -0.25) is 4.99 Å². The molecule has 0 aliphatic heterocycles. The van der Waals surface area contributed by atoms with E-state index in [4.69, 9.17) is 0 Å². The summed E-state index contributed by atoms with van der Waals surface area (Å²) in [5.74, 6) is -0.227. The largest absolute Gasteiger partial charge is 0.262 e. The van der Waals surface area contributed by atoms with Crippen molar-refractivity contribution in [1.29, 1.82) is 0 Å². The lowest BCUT2D eigenvalue weighted by Gasteiger charge is -1.89. The molecule has 1 aromatic carbocycles. The second-order valence-electron chi connectivity index (χ2n) is 1.86. The lowest BCUT2D eigenvalue weighted by molar-refractivity contribution is 0.628. The van der Waals surface area contributed by atoms with Crippen molar-refractivity contribution in [2.24, 2.45) is 4.99 Å². The third-order valence-corrected chi connectivity index (χ3v) is 1.10. The molecule has 0 radical (unpaired) electrons. The monoisotopic (exact) mass is 137 g/mol. The van der Waals surface area contributed by atoms with Crippen LogP contribution in [0.25, 0.3) is 0 Å². The summed E-state index contributed by atoms with van der Waals surface area (Å²) >= 11 is 0. The van der Waals surface area contributed by atoms with Crippen molar-refractivity contribution in [1.82, 2.24) is 0 Å². The van der Waals surface area contributed by atoms with Crippen LogP contribution in [0.5, 0.6) is 0 Å². The number of hydrogen-bond acceptors (Lipinski definition) is 1. The van der Waals surface area contributed by atoms with Gasteiger partial charge in [-0.05, 0) is 31.2 Å². The normalized spacial score (nSPS) is 10.6. The highest BCUT2D eigenvalue weighted by Crippen LogP contribution is 2.10. The molecule has 1 nitrogen and oxygen atoms in total. The van der Waals surface area contributed by atoms with E-state index in [9.17, 15) is 4.39 Å². The van der Waals surface area contributed by atoms with Crippen molar-refractivity contribution in [3.8, 4) is 0 Å². The zero-order valence-corrected chi connectivity index (χ0v) is 5.71. The summed E-state index contributed by atoms with van der Waals surface area (Å²) in [6.45, 7) is 1.82. The van der Waals surface area contributed by atoms with Gasteiger partial charge in [0.15, 0.2) is 0 Å². The van der Waals surface area contributed by atoms with E-state index >= 15 is 0 Å². The van der Waals surface area contributed by atoms with Gasteiger partial charge in [0.05, 0.1) is 5.69 Å². The summed E-state index contributed by atoms with van der Waals surface area (Å²) in [6.07, 6.45) is 1.67. The molecule has 1 rings (SSSR count). The van der Waals surface area contributed by atoms with Crippen LogP contribution in [-0.2, 0) is 0 Å². The van der Waals surface area contributed by atoms with Crippen LogP contribution >= 0.6 is 0 Å². The van der Waals surface area contributed by atoms with Crippen molar-refractivity contribution < 1.29 is 4.39 Å². The van der Waals surface area contributed by atoms with E-state index in [1.165, 1.54) is 12.1 Å². The number of halogens is 1. The fourth-order valence-corrected chi connectivity index (χ4v) is 0.676. The SMILES string of the molecule is C/C=N\c1ccc(F)cc1. The Morgan fingerprint density at radius 3 is 2.40 bits per heavy atom. The Labute approximate surface area is 59.2 Å². The van der Waals surface area contributed by atoms with Gasteiger partial charge in [0.25, 0.3) is 0 Å². The van der Waals surface area contributed by atoms with Crippen molar-refractivity contribution >= 4 is 11.9 Å². The minimum atomic E-state index is -0.227. The van der Waals surface area contributed by atoms with Crippen molar-refractivity contribution in [3.63, 3.8) is 0 Å². The first-order valence-electron chi connectivity index (χ1n) is 3.07. The highest BCUT2D eigenvalue weighted by Gasteiger charge is 1.87. The topological polar surface area (TPSA) is 12.4 Å². The van der Waals surface area contributed by atoms with Crippen LogP contribution in [0.2, 0.25) is 0 Å². The second-order valence-corrected chi connectivity index (χ2v) is 1.86. The predicted octanol–water partition coefficient (Wildman–Crippen LogP) is 2.55. The molecule has 0 aliphatic carbocycles. The maximum absolute atomic E-state index is 12.3. The first kappa shape index (κ1) is 6.93. The highest BCUT2D eigenvalue weighted by atomic mass is 19.1. The first-order chi connectivity index (χ1) is 4.83. The number of rotatable bonds is 1. The fraction of sp³-hybridized carbons (Fsp3) is 0.125. The predicted molar refractivity (Wildman–Crippen MR) is 40.2 cm³/mol. The third kappa shape index (κ3) is 1.65. The molecule has 0 spiro atoms. The summed E-state index contributed by atoms with van der Waals surface area (Å²) in [5, 5.41) is 0. The van der Waals surface area contributed by atoms with Crippen LogP contribution in [0, 0.1) is 5.82 Å². The lowest BCUT2D eigenvalue weighted by Crippen LogP contribution is -1.69. The number of benzene rings is 1. The van der Waals surface area contributed by atoms with Crippen LogP contribution in [-0.4, -0.2) is 6.21 Å². The maximum Gasteiger partial charge on any atom is 0.123 e. The molecule has 1 aromatic rings. The Balaban J connectivity index is 2.89. The zero-order valence-electron chi connectivity index (χ0n) is 5.71. The Morgan fingerprint density at radius 2 is 1.90 bits per heavy atom. The first-order valence-corrected chi connectivity index (χ1v) is 3.07. The van der Waals surface area contributed by atoms with Gasteiger partial charge in [0.1, 0.15) is 5.82 Å². The maximum atomic E-state index is 12.3. The fourth-order valence-electron chi connectivity index (χ4n) is 0.676. The van der Waals surface area contributed by atoms with Gasteiger partial charge in [0.2, 0.25) is 0 Å². The van der Waals surface area contributed by atoms with Gasteiger partial charge in [-0.15, -0.1) is 0 Å². The molecule has 0 fully saturated rings. The minimum absolute atomic E-state index is 0.227. The van der Waals surface area contributed by atoms with Crippen molar-refractivity contribution in [2.45, 2.75) is 6.92 Å². The van der Waals surface area contributed by atoms with E-state index in [1.54, 1.807) is 18.3 Å². The molecule has 0 atom stereocenters. The lowest BCUT2D eigenvalue weighted by atomic mass is 10.3. The van der Waals surface area contributed by atoms with Crippen LogP contribution in [0.4, 0.5) is 10.1 Å².